The lowest BCUT2D eigenvalue weighted by Crippen LogP contribution is -2.46. The van der Waals surface area contributed by atoms with Gasteiger partial charge in [0.15, 0.2) is 0 Å². The van der Waals surface area contributed by atoms with Crippen molar-refractivity contribution in [2.45, 2.75) is 56.4 Å². The number of alkyl halides is 6. The van der Waals surface area contributed by atoms with Crippen LogP contribution in [0.25, 0.3) is 0 Å². The number of amides is 1. The molecule has 0 aromatic carbocycles. The number of hydrogen-bond donors (Lipinski definition) is 1. The van der Waals surface area contributed by atoms with Crippen LogP contribution in [0.3, 0.4) is 0 Å². The monoisotopic (exact) mass is 504 g/mol. The molecule has 1 atom stereocenters. The first-order valence-electron chi connectivity index (χ1n) is 10.9. The van der Waals surface area contributed by atoms with Gasteiger partial charge in [-0.1, -0.05) is 0 Å². The average Bonchev–Trinajstić information content (AvgIpc) is 3.19. The van der Waals surface area contributed by atoms with Crippen molar-refractivity contribution in [2.75, 3.05) is 25.0 Å². The standard InChI is InChI=1S/C21H22F6N6O2/c1-32(13-4-6-33(7-5-13)19-28-9-12(10-29-19)20(22,23)24)15(34)8-11-2-3-14-16(21(25,26)27)18(35)31-30-17(11)14/h9-11,13H,2-8H2,1H3,(H,31,35). The lowest BCUT2D eigenvalue weighted by molar-refractivity contribution is -0.139. The van der Waals surface area contributed by atoms with Gasteiger partial charge in [0.25, 0.3) is 5.56 Å². The van der Waals surface area contributed by atoms with E-state index in [-0.39, 0.29) is 48.4 Å². The van der Waals surface area contributed by atoms with Crippen LogP contribution >= 0.6 is 0 Å². The highest BCUT2D eigenvalue weighted by atomic mass is 19.4. The van der Waals surface area contributed by atoms with Gasteiger partial charge >= 0.3 is 12.4 Å². The zero-order valence-corrected chi connectivity index (χ0v) is 18.6. The van der Waals surface area contributed by atoms with Gasteiger partial charge in [-0.25, -0.2) is 15.1 Å². The van der Waals surface area contributed by atoms with Gasteiger partial charge in [-0.2, -0.15) is 31.4 Å². The number of carbonyl (C=O) groups excluding carboxylic acids is 1. The molecule has 3 heterocycles. The van der Waals surface area contributed by atoms with Crippen LogP contribution in [0.15, 0.2) is 17.2 Å². The van der Waals surface area contributed by atoms with Crippen molar-refractivity contribution in [1.29, 1.82) is 0 Å². The van der Waals surface area contributed by atoms with Crippen LogP contribution in [-0.2, 0) is 23.6 Å². The number of nitrogens with one attached hydrogen (secondary N) is 1. The molecule has 4 rings (SSSR count). The third kappa shape index (κ3) is 5.10. The van der Waals surface area contributed by atoms with Crippen LogP contribution in [0.2, 0.25) is 0 Å². The zero-order valence-electron chi connectivity index (χ0n) is 18.6. The first-order chi connectivity index (χ1) is 16.4. The van der Waals surface area contributed by atoms with E-state index in [1.165, 1.54) is 0 Å². The molecule has 1 fully saturated rings. The molecule has 0 radical (unpaired) electrons. The molecule has 8 nitrogen and oxygen atoms in total. The minimum Gasteiger partial charge on any atom is -0.343 e. The highest BCUT2D eigenvalue weighted by Crippen LogP contribution is 2.40. The van der Waals surface area contributed by atoms with Crippen LogP contribution in [0.4, 0.5) is 32.3 Å². The quantitative estimate of drug-likeness (QED) is 0.643. The summed E-state index contributed by atoms with van der Waals surface area (Å²) in [6, 6.07) is -0.150. The van der Waals surface area contributed by atoms with E-state index in [0.29, 0.717) is 25.9 Å². The second-order valence-electron chi connectivity index (χ2n) is 8.72. The summed E-state index contributed by atoms with van der Waals surface area (Å²) in [7, 11) is 1.62. The van der Waals surface area contributed by atoms with Crippen LogP contribution in [0.5, 0.6) is 0 Å². The smallest absolute Gasteiger partial charge is 0.343 e. The number of hydrogen-bond acceptors (Lipinski definition) is 6. The Morgan fingerprint density at radius 1 is 1.09 bits per heavy atom. The molecule has 1 amide bonds. The Bertz CT molecular complexity index is 1140. The van der Waals surface area contributed by atoms with E-state index in [0.717, 1.165) is 12.4 Å². The summed E-state index contributed by atoms with van der Waals surface area (Å²) >= 11 is 0. The molecule has 0 bridgehead atoms. The van der Waals surface area contributed by atoms with Crippen molar-refractivity contribution in [3.05, 3.63) is 45.1 Å². The molecule has 1 unspecified atom stereocenters. The number of carbonyl (C=O) groups is 1. The molecule has 1 saturated heterocycles. The number of H-pyrrole nitrogens is 1. The minimum atomic E-state index is -4.80. The molecule has 1 aliphatic carbocycles. The topological polar surface area (TPSA) is 95.1 Å². The lowest BCUT2D eigenvalue weighted by atomic mass is 9.99. The van der Waals surface area contributed by atoms with Gasteiger partial charge in [0.05, 0.1) is 11.3 Å². The van der Waals surface area contributed by atoms with Crippen molar-refractivity contribution in [2.24, 2.45) is 0 Å². The highest BCUT2D eigenvalue weighted by molar-refractivity contribution is 5.77. The fourth-order valence-electron chi connectivity index (χ4n) is 4.69. The lowest BCUT2D eigenvalue weighted by Gasteiger charge is -2.37. The Balaban J connectivity index is 1.36. The SMILES string of the molecule is CN(C(=O)CC1CCc2c1n[nH]c(=O)c2C(F)(F)F)C1CCN(c2ncc(C(F)(F)F)cn2)CC1. The number of halogens is 6. The molecule has 190 valence electrons. The van der Waals surface area contributed by atoms with E-state index < -0.39 is 35.0 Å². The summed E-state index contributed by atoms with van der Waals surface area (Å²) in [5.41, 5.74) is -3.51. The van der Waals surface area contributed by atoms with Crippen molar-refractivity contribution >= 4 is 11.9 Å². The zero-order chi connectivity index (χ0) is 25.5. The fourth-order valence-corrected chi connectivity index (χ4v) is 4.69. The minimum absolute atomic E-state index is 0.0221. The van der Waals surface area contributed by atoms with E-state index in [2.05, 4.69) is 15.1 Å². The van der Waals surface area contributed by atoms with E-state index in [9.17, 15) is 35.9 Å². The number of nitrogens with zero attached hydrogens (tertiary/aromatic N) is 5. The number of rotatable bonds is 4. The number of aromatic nitrogens is 4. The van der Waals surface area contributed by atoms with Gasteiger partial charge in [-0.15, -0.1) is 0 Å². The van der Waals surface area contributed by atoms with Gasteiger partial charge in [-0.05, 0) is 31.2 Å². The predicted octanol–water partition coefficient (Wildman–Crippen LogP) is 3.14. The van der Waals surface area contributed by atoms with Crippen molar-refractivity contribution in [1.82, 2.24) is 25.1 Å². The fraction of sp³-hybridized carbons (Fsp3) is 0.571. The number of aromatic amines is 1. The molecular formula is C21H22F6N6O2. The first-order valence-corrected chi connectivity index (χ1v) is 10.9. The van der Waals surface area contributed by atoms with E-state index >= 15 is 0 Å². The van der Waals surface area contributed by atoms with Crippen molar-refractivity contribution in [3.63, 3.8) is 0 Å². The summed E-state index contributed by atoms with van der Waals surface area (Å²) in [6.07, 6.45) is -6.55. The molecule has 35 heavy (non-hydrogen) atoms. The van der Waals surface area contributed by atoms with E-state index in [4.69, 9.17) is 0 Å². The van der Waals surface area contributed by atoms with Gasteiger partial charge in [0, 0.05) is 50.9 Å². The van der Waals surface area contributed by atoms with Gasteiger partial charge in [0.2, 0.25) is 11.9 Å². The molecular weight excluding hydrogens is 482 g/mol. The summed E-state index contributed by atoms with van der Waals surface area (Å²) in [4.78, 5) is 35.5. The second kappa shape index (κ2) is 9.11. The predicted molar refractivity (Wildman–Crippen MR) is 111 cm³/mol. The molecule has 1 N–H and O–H groups in total. The van der Waals surface area contributed by atoms with Crippen molar-refractivity contribution in [3.8, 4) is 0 Å². The number of fused-ring (bicyclic) bond motifs is 1. The molecule has 2 aromatic rings. The van der Waals surface area contributed by atoms with E-state index in [1.807, 2.05) is 5.10 Å². The maximum atomic E-state index is 13.3. The Hall–Kier alpha value is -3.19. The first kappa shape index (κ1) is 24.9. The molecule has 2 aliphatic rings. The summed E-state index contributed by atoms with van der Waals surface area (Å²) in [5.74, 6) is -0.610. The Labute approximate surface area is 195 Å². The average molecular weight is 504 g/mol. The Kier molecular flexibility index (Phi) is 6.49. The summed E-state index contributed by atoms with van der Waals surface area (Å²) < 4.78 is 78.0. The van der Waals surface area contributed by atoms with Crippen LogP contribution in [0.1, 0.15) is 54.0 Å². The maximum absolute atomic E-state index is 13.3. The maximum Gasteiger partial charge on any atom is 0.422 e. The third-order valence-electron chi connectivity index (χ3n) is 6.60. The van der Waals surface area contributed by atoms with Gasteiger partial charge in [0.1, 0.15) is 5.56 Å². The third-order valence-corrected chi connectivity index (χ3v) is 6.60. The highest BCUT2D eigenvalue weighted by Gasteiger charge is 2.42. The van der Waals surface area contributed by atoms with Crippen LogP contribution in [0, 0.1) is 0 Å². The van der Waals surface area contributed by atoms with Gasteiger partial charge < -0.3 is 9.80 Å². The second-order valence-corrected chi connectivity index (χ2v) is 8.72. The molecule has 0 saturated carbocycles. The Morgan fingerprint density at radius 3 is 2.29 bits per heavy atom. The molecule has 14 heteroatoms. The normalized spacial score (nSPS) is 19.1. The van der Waals surface area contributed by atoms with Crippen LogP contribution in [-0.4, -0.2) is 57.2 Å². The summed E-state index contributed by atoms with van der Waals surface area (Å²) in [6.45, 7) is 0.856. The number of anilines is 1. The number of piperidine rings is 1. The van der Waals surface area contributed by atoms with Crippen molar-refractivity contribution < 1.29 is 31.1 Å². The van der Waals surface area contributed by atoms with Crippen LogP contribution < -0.4 is 10.5 Å². The largest absolute Gasteiger partial charge is 0.422 e. The molecule has 2 aromatic heterocycles. The van der Waals surface area contributed by atoms with Gasteiger partial charge in [-0.3, -0.25) is 9.59 Å². The summed E-state index contributed by atoms with van der Waals surface area (Å²) in [5, 5.41) is 5.71. The molecule has 0 spiro atoms. The Morgan fingerprint density at radius 2 is 1.71 bits per heavy atom. The molecule has 1 aliphatic heterocycles. The van der Waals surface area contributed by atoms with E-state index in [1.54, 1.807) is 16.8 Å².